The number of hydrogen-bond acceptors (Lipinski definition) is 5. The fourth-order valence-electron chi connectivity index (χ4n) is 5.75. The normalized spacial score (nSPS) is 20.2. The molecule has 2 atom stereocenters. The summed E-state index contributed by atoms with van der Waals surface area (Å²) in [5, 5.41) is 0. The van der Waals surface area contributed by atoms with E-state index in [4.69, 9.17) is 14.7 Å². The number of ether oxygens (including phenoxy) is 1. The lowest BCUT2D eigenvalue weighted by Crippen LogP contribution is -2.45. The van der Waals surface area contributed by atoms with Gasteiger partial charge >= 0.3 is 0 Å². The minimum atomic E-state index is -0.194. The van der Waals surface area contributed by atoms with Crippen molar-refractivity contribution in [3.05, 3.63) is 70.2 Å². The number of rotatable bonds is 4. The first kappa shape index (κ1) is 23.7. The summed E-state index contributed by atoms with van der Waals surface area (Å²) >= 11 is 0. The number of methoxy groups -OCH3 is 1. The Morgan fingerprint density at radius 2 is 1.77 bits per heavy atom. The van der Waals surface area contributed by atoms with Gasteiger partial charge in [-0.3, -0.25) is 0 Å². The minimum absolute atomic E-state index is 0.194. The van der Waals surface area contributed by atoms with Gasteiger partial charge in [0.2, 0.25) is 0 Å². The highest BCUT2D eigenvalue weighted by Gasteiger charge is 2.32. The molecule has 1 fully saturated rings. The second-order valence-corrected chi connectivity index (χ2v) is 10.1. The van der Waals surface area contributed by atoms with E-state index in [-0.39, 0.29) is 11.9 Å². The first-order valence-electron chi connectivity index (χ1n) is 12.6. The van der Waals surface area contributed by atoms with E-state index < -0.39 is 0 Å². The van der Waals surface area contributed by atoms with Gasteiger partial charge in [0.25, 0.3) is 0 Å². The van der Waals surface area contributed by atoms with Crippen LogP contribution in [0.15, 0.2) is 36.4 Å². The van der Waals surface area contributed by atoms with E-state index in [0.29, 0.717) is 6.04 Å². The maximum atomic E-state index is 13.8. The number of piperidine rings is 1. The molecule has 2 aromatic carbocycles. The van der Waals surface area contributed by atoms with Crippen molar-refractivity contribution in [1.29, 1.82) is 0 Å². The second-order valence-electron chi connectivity index (χ2n) is 10.1. The molecule has 35 heavy (non-hydrogen) atoms. The Kier molecular flexibility index (Phi) is 6.49. The van der Waals surface area contributed by atoms with Gasteiger partial charge < -0.3 is 14.5 Å². The fraction of sp³-hybridized carbons (Fsp3) is 0.448. The molecule has 0 N–H and O–H groups in total. The van der Waals surface area contributed by atoms with Crippen molar-refractivity contribution in [2.75, 3.05) is 30.0 Å². The van der Waals surface area contributed by atoms with Crippen molar-refractivity contribution < 1.29 is 9.13 Å². The average Bonchev–Trinajstić information content (AvgIpc) is 2.83. The number of halogens is 1. The number of aryl methyl sites for hydroxylation is 3. The number of hydrogen-bond donors (Lipinski definition) is 0. The second kappa shape index (κ2) is 9.57. The molecular formula is C29H35FN4O. The molecule has 2 aliphatic rings. The molecule has 184 valence electrons. The zero-order chi connectivity index (χ0) is 24.7. The molecule has 0 spiro atoms. The zero-order valence-corrected chi connectivity index (χ0v) is 21.4. The maximum absolute atomic E-state index is 13.8. The van der Waals surface area contributed by atoms with E-state index in [1.165, 1.54) is 16.7 Å². The van der Waals surface area contributed by atoms with Crippen molar-refractivity contribution in [3.8, 4) is 11.4 Å². The van der Waals surface area contributed by atoms with Crippen LogP contribution in [0.5, 0.6) is 0 Å². The highest BCUT2D eigenvalue weighted by molar-refractivity contribution is 5.68. The summed E-state index contributed by atoms with van der Waals surface area (Å²) in [4.78, 5) is 15.2. The van der Waals surface area contributed by atoms with Crippen molar-refractivity contribution in [3.63, 3.8) is 0 Å². The quantitative estimate of drug-likeness (QED) is 0.480. The van der Waals surface area contributed by atoms with Gasteiger partial charge in [-0.05, 0) is 75.4 Å². The van der Waals surface area contributed by atoms with Crippen LogP contribution >= 0.6 is 0 Å². The molecule has 5 rings (SSSR count). The summed E-state index contributed by atoms with van der Waals surface area (Å²) in [6.45, 7) is 11.0. The highest BCUT2D eigenvalue weighted by atomic mass is 19.1. The van der Waals surface area contributed by atoms with E-state index >= 15 is 0 Å². The van der Waals surface area contributed by atoms with Gasteiger partial charge in [-0.15, -0.1) is 0 Å². The summed E-state index contributed by atoms with van der Waals surface area (Å²) in [7, 11) is 1.81. The third-order valence-corrected chi connectivity index (χ3v) is 7.68. The van der Waals surface area contributed by atoms with E-state index in [9.17, 15) is 4.39 Å². The topological polar surface area (TPSA) is 41.5 Å². The first-order valence-corrected chi connectivity index (χ1v) is 12.6. The lowest BCUT2D eigenvalue weighted by molar-refractivity contribution is 0.0719. The smallest absolute Gasteiger partial charge is 0.162 e. The van der Waals surface area contributed by atoms with E-state index in [2.05, 4.69) is 48.8 Å². The van der Waals surface area contributed by atoms with Gasteiger partial charge in [0.1, 0.15) is 11.6 Å². The molecule has 0 amide bonds. The van der Waals surface area contributed by atoms with Crippen LogP contribution in [0.4, 0.5) is 15.9 Å². The molecule has 0 saturated carbocycles. The Morgan fingerprint density at radius 3 is 2.46 bits per heavy atom. The lowest BCUT2D eigenvalue weighted by Gasteiger charge is -2.41. The molecule has 2 unspecified atom stereocenters. The van der Waals surface area contributed by atoms with Crippen LogP contribution in [-0.2, 0) is 17.7 Å². The third-order valence-electron chi connectivity index (χ3n) is 7.68. The highest BCUT2D eigenvalue weighted by Crippen LogP contribution is 2.36. The molecule has 3 aromatic rings. The van der Waals surface area contributed by atoms with Gasteiger partial charge in [0.05, 0.1) is 11.8 Å². The zero-order valence-electron chi connectivity index (χ0n) is 21.4. The summed E-state index contributed by atoms with van der Waals surface area (Å²) in [5.41, 5.74) is 7.88. The molecule has 0 radical (unpaired) electrons. The summed E-state index contributed by atoms with van der Waals surface area (Å²) in [5.74, 6) is 1.67. The molecule has 5 nitrogen and oxygen atoms in total. The largest absolute Gasteiger partial charge is 0.381 e. The standard InChI is InChI=1S/C29H35FN4O/c1-18-7-6-8-19(2)27(18)28-31-25-12-13-33(26-10-9-22(30)15-20(26)3)17-24(25)29(32-28)34-14-11-23(35-5)16-21(34)4/h6-10,15,21,23H,11-14,16-17H2,1-5H3. The van der Waals surface area contributed by atoms with Gasteiger partial charge in [0, 0.05) is 56.0 Å². The number of anilines is 2. The van der Waals surface area contributed by atoms with Crippen molar-refractivity contribution in [1.82, 2.24) is 9.97 Å². The SMILES string of the molecule is COC1CCN(c2nc(-c3c(C)cccc3C)nc3c2CN(c2ccc(F)cc2C)CC3)C(C)C1. The van der Waals surface area contributed by atoms with E-state index in [1.54, 1.807) is 12.1 Å². The predicted octanol–water partition coefficient (Wildman–Crippen LogP) is 5.77. The maximum Gasteiger partial charge on any atom is 0.162 e. The Labute approximate surface area is 208 Å². The number of fused-ring (bicyclic) bond motifs is 1. The van der Waals surface area contributed by atoms with Crippen molar-refractivity contribution in [2.24, 2.45) is 0 Å². The number of aromatic nitrogens is 2. The monoisotopic (exact) mass is 474 g/mol. The van der Waals surface area contributed by atoms with Crippen LogP contribution in [0.25, 0.3) is 11.4 Å². The van der Waals surface area contributed by atoms with Crippen LogP contribution in [0.1, 0.15) is 47.7 Å². The van der Waals surface area contributed by atoms with Crippen LogP contribution < -0.4 is 9.80 Å². The Hall–Kier alpha value is -2.99. The van der Waals surface area contributed by atoms with E-state index in [1.807, 2.05) is 20.1 Å². The third kappa shape index (κ3) is 4.52. The average molecular weight is 475 g/mol. The summed E-state index contributed by atoms with van der Waals surface area (Å²) in [6, 6.07) is 11.7. The molecule has 1 aromatic heterocycles. The van der Waals surface area contributed by atoms with Crippen LogP contribution in [0, 0.1) is 26.6 Å². The van der Waals surface area contributed by atoms with E-state index in [0.717, 1.165) is 73.0 Å². The molecule has 0 bridgehead atoms. The Morgan fingerprint density at radius 1 is 1.00 bits per heavy atom. The van der Waals surface area contributed by atoms with Crippen molar-refractivity contribution >= 4 is 11.5 Å². The molecule has 2 aliphatic heterocycles. The van der Waals surface area contributed by atoms with Gasteiger partial charge in [-0.1, -0.05) is 18.2 Å². The fourth-order valence-corrected chi connectivity index (χ4v) is 5.75. The Bertz CT molecular complexity index is 1220. The lowest BCUT2D eigenvalue weighted by atomic mass is 9.97. The van der Waals surface area contributed by atoms with Crippen molar-refractivity contribution in [2.45, 2.75) is 65.6 Å². The molecule has 3 heterocycles. The summed E-state index contributed by atoms with van der Waals surface area (Å²) in [6.07, 6.45) is 3.09. The first-order chi connectivity index (χ1) is 16.9. The molecular weight excluding hydrogens is 439 g/mol. The van der Waals surface area contributed by atoms with Crippen LogP contribution in [0.2, 0.25) is 0 Å². The summed E-state index contributed by atoms with van der Waals surface area (Å²) < 4.78 is 19.5. The number of nitrogens with zero attached hydrogens (tertiary/aromatic N) is 4. The molecule has 0 aliphatic carbocycles. The van der Waals surface area contributed by atoms with Gasteiger partial charge in [-0.25, -0.2) is 14.4 Å². The van der Waals surface area contributed by atoms with Crippen LogP contribution in [0.3, 0.4) is 0 Å². The van der Waals surface area contributed by atoms with Gasteiger partial charge in [-0.2, -0.15) is 0 Å². The Balaban J connectivity index is 1.60. The predicted molar refractivity (Wildman–Crippen MR) is 140 cm³/mol. The molecule has 6 heteroatoms. The molecule has 1 saturated heterocycles. The van der Waals surface area contributed by atoms with Crippen LogP contribution in [-0.4, -0.2) is 42.3 Å². The van der Waals surface area contributed by atoms with Gasteiger partial charge in [0.15, 0.2) is 5.82 Å². The number of benzene rings is 2. The minimum Gasteiger partial charge on any atom is -0.381 e.